The molecule has 2 aromatic rings. The standard InChI is InChI=1S/C34H48F2N2O2.2HI/c1-37(21-7-3-4-8-22-37)25-29(33(39)27-13-17-31(35)18-14-27)11-12-30(26-38(2)23-9-5-6-10-24-38)34(40)28-15-19-32(36)20-16-28;;/h13-20,29-30H,3-12,21-26H2,1-2H3;2*1H/q+2;;/p-2. The fraction of sp³-hybridized carbons (Fsp3) is 0.588. The number of nitrogens with zero attached hydrogens (tertiary/aromatic N) is 2. The lowest BCUT2D eigenvalue weighted by Gasteiger charge is -2.38. The number of carbonyl (C=O) groups is 2. The highest BCUT2D eigenvalue weighted by Crippen LogP contribution is 2.28. The molecule has 2 atom stereocenters. The Morgan fingerprint density at radius 1 is 0.571 bits per heavy atom. The van der Waals surface area contributed by atoms with Gasteiger partial charge in [-0.05, 0) is 113 Å². The molecule has 4 rings (SSSR count). The van der Waals surface area contributed by atoms with E-state index in [4.69, 9.17) is 0 Å². The fourth-order valence-corrected chi connectivity index (χ4v) is 7.05. The van der Waals surface area contributed by atoms with E-state index in [2.05, 4.69) is 14.1 Å². The van der Waals surface area contributed by atoms with Crippen molar-refractivity contribution in [2.75, 3.05) is 53.4 Å². The van der Waals surface area contributed by atoms with Gasteiger partial charge in [-0.2, -0.15) is 0 Å². The molecule has 4 nitrogen and oxygen atoms in total. The first-order valence-electron chi connectivity index (χ1n) is 15.4. The smallest absolute Gasteiger partial charge is 0.171 e. The van der Waals surface area contributed by atoms with E-state index in [-0.39, 0.29) is 83.0 Å². The van der Waals surface area contributed by atoms with E-state index >= 15 is 0 Å². The zero-order valence-electron chi connectivity index (χ0n) is 25.3. The van der Waals surface area contributed by atoms with E-state index in [0.29, 0.717) is 24.0 Å². The van der Waals surface area contributed by atoms with Crippen LogP contribution < -0.4 is 48.0 Å². The lowest BCUT2D eigenvalue weighted by atomic mass is 9.85. The highest BCUT2D eigenvalue weighted by atomic mass is 127. The van der Waals surface area contributed by atoms with Crippen LogP contribution in [0.1, 0.15) is 84.9 Å². The van der Waals surface area contributed by atoms with Crippen molar-refractivity contribution >= 4 is 11.6 Å². The fourth-order valence-electron chi connectivity index (χ4n) is 7.05. The van der Waals surface area contributed by atoms with Crippen LogP contribution in [-0.2, 0) is 0 Å². The SMILES string of the molecule is C[N+]1(CC(CCC(C[N+]2(C)CCCCCC2)C(=O)c2ccc(F)cc2)C(=O)c2ccc(F)cc2)CCCCCC1.[I-].[I-]. The summed E-state index contributed by atoms with van der Waals surface area (Å²) in [6.45, 7) is 5.69. The molecule has 2 aliphatic rings. The van der Waals surface area contributed by atoms with E-state index in [9.17, 15) is 18.4 Å². The van der Waals surface area contributed by atoms with Gasteiger partial charge in [-0.3, -0.25) is 9.59 Å². The molecule has 0 N–H and O–H groups in total. The van der Waals surface area contributed by atoms with Crippen molar-refractivity contribution in [2.24, 2.45) is 11.8 Å². The van der Waals surface area contributed by atoms with Gasteiger partial charge < -0.3 is 56.9 Å². The Morgan fingerprint density at radius 3 is 1.14 bits per heavy atom. The van der Waals surface area contributed by atoms with Crippen LogP contribution in [0.4, 0.5) is 8.78 Å². The molecule has 0 bridgehead atoms. The lowest BCUT2D eigenvalue weighted by molar-refractivity contribution is -0.911. The number of quaternary nitrogens is 2. The summed E-state index contributed by atoms with van der Waals surface area (Å²) in [6.07, 6.45) is 10.8. The Labute approximate surface area is 285 Å². The van der Waals surface area contributed by atoms with Crippen LogP contribution in [0.25, 0.3) is 0 Å². The summed E-state index contributed by atoms with van der Waals surface area (Å²) in [5.74, 6) is -1.09. The van der Waals surface area contributed by atoms with Crippen LogP contribution in [0.5, 0.6) is 0 Å². The van der Waals surface area contributed by atoms with Crippen LogP contribution in [0.15, 0.2) is 48.5 Å². The van der Waals surface area contributed by atoms with Gasteiger partial charge in [0.15, 0.2) is 11.6 Å². The van der Waals surface area contributed by atoms with E-state index in [0.717, 1.165) is 73.9 Å². The molecule has 2 unspecified atom stereocenters. The number of benzene rings is 2. The van der Waals surface area contributed by atoms with Crippen molar-refractivity contribution in [3.8, 4) is 0 Å². The first-order valence-corrected chi connectivity index (χ1v) is 15.4. The van der Waals surface area contributed by atoms with E-state index in [1.54, 1.807) is 24.3 Å². The minimum absolute atomic E-state index is 0. The van der Waals surface area contributed by atoms with Crippen molar-refractivity contribution in [1.82, 2.24) is 0 Å². The minimum atomic E-state index is -0.348. The maximum absolute atomic E-state index is 13.9. The van der Waals surface area contributed by atoms with Gasteiger partial charge in [-0.25, -0.2) is 8.78 Å². The number of rotatable bonds is 11. The summed E-state index contributed by atoms with van der Waals surface area (Å²) in [4.78, 5) is 27.8. The van der Waals surface area contributed by atoms with Gasteiger partial charge in [0, 0.05) is 11.1 Å². The molecule has 0 spiro atoms. The third kappa shape index (κ3) is 10.9. The third-order valence-corrected chi connectivity index (χ3v) is 9.48. The van der Waals surface area contributed by atoms with Crippen LogP contribution in [0.2, 0.25) is 0 Å². The normalized spacial score (nSPS) is 19.6. The number of hydrogen-bond acceptors (Lipinski definition) is 2. The second-order valence-electron chi connectivity index (χ2n) is 13.0. The van der Waals surface area contributed by atoms with Crippen molar-refractivity contribution in [3.63, 3.8) is 0 Å². The molecule has 42 heavy (non-hydrogen) atoms. The van der Waals surface area contributed by atoms with Crippen molar-refractivity contribution in [3.05, 3.63) is 71.3 Å². The van der Waals surface area contributed by atoms with E-state index < -0.39 is 0 Å². The summed E-state index contributed by atoms with van der Waals surface area (Å²) in [6, 6.07) is 11.8. The van der Waals surface area contributed by atoms with Crippen LogP contribution in [0.3, 0.4) is 0 Å². The van der Waals surface area contributed by atoms with Crippen LogP contribution in [0, 0.1) is 23.5 Å². The summed E-state index contributed by atoms with van der Waals surface area (Å²) < 4.78 is 29.1. The molecule has 0 amide bonds. The van der Waals surface area contributed by atoms with Gasteiger partial charge >= 0.3 is 0 Å². The van der Waals surface area contributed by atoms with Gasteiger partial charge in [0.05, 0.1) is 65.2 Å². The monoisotopic (exact) mass is 808 g/mol. The van der Waals surface area contributed by atoms with Crippen LogP contribution in [-0.4, -0.2) is 73.9 Å². The molecule has 0 saturated carbocycles. The molecule has 0 aromatic heterocycles. The summed E-state index contributed by atoms with van der Waals surface area (Å²) in [7, 11) is 4.53. The Hall–Kier alpha value is -0.980. The minimum Gasteiger partial charge on any atom is -1.00 e. The van der Waals surface area contributed by atoms with Crippen molar-refractivity contribution in [2.45, 2.75) is 64.2 Å². The molecule has 0 aliphatic carbocycles. The number of halogens is 4. The summed E-state index contributed by atoms with van der Waals surface area (Å²) in [5.41, 5.74) is 1.08. The molecule has 2 aromatic carbocycles. The Kier molecular flexibility index (Phi) is 15.5. The molecule has 2 fully saturated rings. The van der Waals surface area contributed by atoms with Crippen LogP contribution >= 0.6 is 0 Å². The highest BCUT2D eigenvalue weighted by molar-refractivity contribution is 5.99. The third-order valence-electron chi connectivity index (χ3n) is 9.48. The molecule has 0 radical (unpaired) electrons. The maximum atomic E-state index is 13.9. The van der Waals surface area contributed by atoms with E-state index in [1.807, 2.05) is 0 Å². The number of likely N-dealkylation sites (tertiary alicyclic amines) is 2. The number of hydrogen-bond donors (Lipinski definition) is 0. The zero-order chi connectivity index (χ0) is 28.6. The summed E-state index contributed by atoms with van der Waals surface area (Å²) >= 11 is 0. The van der Waals surface area contributed by atoms with Gasteiger partial charge in [0.2, 0.25) is 0 Å². The van der Waals surface area contributed by atoms with E-state index in [1.165, 1.54) is 49.9 Å². The number of ketones is 2. The van der Waals surface area contributed by atoms with Crippen molar-refractivity contribution in [1.29, 1.82) is 0 Å². The van der Waals surface area contributed by atoms with Gasteiger partial charge in [0.1, 0.15) is 11.6 Å². The maximum Gasteiger partial charge on any atom is 0.171 e. The molecular weight excluding hydrogens is 760 g/mol. The van der Waals surface area contributed by atoms with Gasteiger partial charge in [0.25, 0.3) is 0 Å². The quantitative estimate of drug-likeness (QED) is 0.194. The molecule has 8 heteroatoms. The van der Waals surface area contributed by atoms with Gasteiger partial charge in [-0.1, -0.05) is 0 Å². The molecule has 2 saturated heterocycles. The Morgan fingerprint density at radius 2 is 0.857 bits per heavy atom. The topological polar surface area (TPSA) is 34.1 Å². The first kappa shape index (κ1) is 37.2. The second kappa shape index (κ2) is 17.5. The zero-order valence-corrected chi connectivity index (χ0v) is 29.6. The number of Topliss-reactive ketones (excluding diaryl/α,β-unsaturated/α-hetero) is 2. The predicted molar refractivity (Wildman–Crippen MR) is 156 cm³/mol. The average Bonchev–Trinajstić information content (AvgIpc) is 3.30. The lowest BCUT2D eigenvalue weighted by Crippen LogP contribution is -3.00. The first-order chi connectivity index (χ1) is 19.2. The molecule has 2 heterocycles. The Balaban J connectivity index is 0.00000308. The molecule has 2 aliphatic heterocycles. The molecule has 234 valence electrons. The average molecular weight is 809 g/mol. The predicted octanol–water partition coefficient (Wildman–Crippen LogP) is 1.09. The molecular formula is C34H48F2I2N2O2. The number of carbonyl (C=O) groups excluding carboxylic acids is 2. The largest absolute Gasteiger partial charge is 1.00 e. The van der Waals surface area contributed by atoms with Gasteiger partial charge in [-0.15, -0.1) is 0 Å². The highest BCUT2D eigenvalue weighted by Gasteiger charge is 2.36. The van der Waals surface area contributed by atoms with Crippen molar-refractivity contribution < 1.29 is 75.3 Å². The Bertz CT molecular complexity index is 1020. The second-order valence-corrected chi connectivity index (χ2v) is 13.0. The summed E-state index contributed by atoms with van der Waals surface area (Å²) in [5, 5.41) is 0.